The summed E-state index contributed by atoms with van der Waals surface area (Å²) in [6.45, 7) is 5.78. The number of hydrogen-bond acceptors (Lipinski definition) is 1. The minimum Gasteiger partial charge on any atom is -0.497 e. The highest BCUT2D eigenvalue weighted by Gasteiger charge is 1.89. The van der Waals surface area contributed by atoms with Crippen LogP contribution in [0.2, 0.25) is 0 Å². The Balaban J connectivity index is 2.85. The maximum atomic E-state index is 5.04. The molecule has 0 aliphatic heterocycles. The van der Waals surface area contributed by atoms with Crippen LogP contribution < -0.4 is 4.74 Å². The third kappa shape index (κ3) is 2.42. The van der Waals surface area contributed by atoms with Gasteiger partial charge in [-0.2, -0.15) is 0 Å². The highest BCUT2D eigenvalue weighted by Crippen LogP contribution is 2.13. The van der Waals surface area contributed by atoms with Crippen molar-refractivity contribution in [2.75, 3.05) is 7.11 Å². The zero-order valence-corrected chi connectivity index (χ0v) is 7.50. The summed E-state index contributed by atoms with van der Waals surface area (Å²) in [5.74, 6) is 0.883. The molecule has 1 radical (unpaired) electrons. The maximum Gasteiger partial charge on any atom is 0.118 e. The number of ether oxygens (including phenoxy) is 1. The summed E-state index contributed by atoms with van der Waals surface area (Å²) in [4.78, 5) is 0. The van der Waals surface area contributed by atoms with Gasteiger partial charge in [-0.05, 0) is 31.5 Å². The second-order valence-corrected chi connectivity index (χ2v) is 2.76. The molecule has 0 spiro atoms. The lowest BCUT2D eigenvalue weighted by atomic mass is 10.1. The fourth-order valence-corrected chi connectivity index (χ4v) is 0.985. The zero-order chi connectivity index (χ0) is 8.97. The van der Waals surface area contributed by atoms with Gasteiger partial charge in [-0.15, -0.1) is 0 Å². The van der Waals surface area contributed by atoms with Crippen LogP contribution in [0.4, 0.5) is 0 Å². The largest absolute Gasteiger partial charge is 0.497 e. The molecule has 0 fully saturated rings. The van der Waals surface area contributed by atoms with Crippen molar-refractivity contribution in [2.45, 2.75) is 6.92 Å². The molecule has 12 heavy (non-hydrogen) atoms. The van der Waals surface area contributed by atoms with E-state index in [1.807, 2.05) is 37.3 Å². The summed E-state index contributed by atoms with van der Waals surface area (Å²) in [5, 5.41) is 0. The third-order valence-corrected chi connectivity index (χ3v) is 1.53. The molecule has 0 aliphatic rings. The summed E-state index contributed by atoms with van der Waals surface area (Å²) in [6.07, 6.45) is 2.03. The number of benzene rings is 1. The van der Waals surface area contributed by atoms with Gasteiger partial charge >= 0.3 is 0 Å². The number of methoxy groups -OCH3 is 1. The van der Waals surface area contributed by atoms with Crippen molar-refractivity contribution >= 4 is 6.08 Å². The summed E-state index contributed by atoms with van der Waals surface area (Å²) in [6, 6.07) is 7.89. The maximum absolute atomic E-state index is 5.04. The van der Waals surface area contributed by atoms with Gasteiger partial charge in [-0.3, -0.25) is 0 Å². The van der Waals surface area contributed by atoms with E-state index in [0.29, 0.717) is 0 Å². The lowest BCUT2D eigenvalue weighted by molar-refractivity contribution is 0.415. The van der Waals surface area contributed by atoms with E-state index in [1.54, 1.807) is 7.11 Å². The molecule has 1 aromatic rings. The molecular weight excluding hydrogens is 148 g/mol. The highest BCUT2D eigenvalue weighted by atomic mass is 16.5. The molecule has 0 saturated heterocycles. The van der Waals surface area contributed by atoms with Gasteiger partial charge in [0.1, 0.15) is 5.75 Å². The first-order valence-corrected chi connectivity index (χ1v) is 3.86. The fourth-order valence-electron chi connectivity index (χ4n) is 0.985. The van der Waals surface area contributed by atoms with Crippen molar-refractivity contribution in [1.29, 1.82) is 0 Å². The molecule has 1 nitrogen and oxygen atoms in total. The molecule has 0 heterocycles. The van der Waals surface area contributed by atoms with Crippen LogP contribution in [-0.4, -0.2) is 7.11 Å². The van der Waals surface area contributed by atoms with Gasteiger partial charge in [0.25, 0.3) is 0 Å². The summed E-state index contributed by atoms with van der Waals surface area (Å²) in [5.41, 5.74) is 2.21. The Morgan fingerprint density at radius 3 is 2.33 bits per heavy atom. The molecule has 0 unspecified atom stereocenters. The number of hydrogen-bond donors (Lipinski definition) is 0. The molecule has 1 heteroatoms. The Kier molecular flexibility index (Phi) is 2.92. The van der Waals surface area contributed by atoms with Crippen molar-refractivity contribution in [3.8, 4) is 5.75 Å². The monoisotopic (exact) mass is 161 g/mol. The molecule has 0 aliphatic carbocycles. The van der Waals surface area contributed by atoms with Crippen LogP contribution in [0.15, 0.2) is 29.8 Å². The SMILES string of the molecule is [CH2]/C(C)=C\c1ccc(OC)cc1. The van der Waals surface area contributed by atoms with Crippen molar-refractivity contribution in [2.24, 2.45) is 0 Å². The Morgan fingerprint density at radius 1 is 1.33 bits per heavy atom. The van der Waals surface area contributed by atoms with Gasteiger partial charge in [-0.25, -0.2) is 0 Å². The van der Waals surface area contributed by atoms with E-state index in [4.69, 9.17) is 4.74 Å². The van der Waals surface area contributed by atoms with Crippen LogP contribution in [-0.2, 0) is 0 Å². The van der Waals surface area contributed by atoms with Gasteiger partial charge in [0, 0.05) is 0 Å². The Bertz CT molecular complexity index is 266. The van der Waals surface area contributed by atoms with Crippen LogP contribution in [0.5, 0.6) is 5.75 Å². The van der Waals surface area contributed by atoms with Gasteiger partial charge in [0.05, 0.1) is 7.11 Å². The minimum atomic E-state index is 0.883. The standard InChI is InChI=1S/C11H13O/c1-9(2)8-10-4-6-11(12-3)7-5-10/h4-8H,1H2,2-3H3/b9-8+. The molecule has 0 aromatic heterocycles. The predicted octanol–water partition coefficient (Wildman–Crippen LogP) is 2.93. The van der Waals surface area contributed by atoms with Gasteiger partial charge in [0.2, 0.25) is 0 Å². The van der Waals surface area contributed by atoms with Gasteiger partial charge in [0.15, 0.2) is 0 Å². The van der Waals surface area contributed by atoms with E-state index in [1.165, 1.54) is 0 Å². The zero-order valence-electron chi connectivity index (χ0n) is 7.50. The van der Waals surface area contributed by atoms with E-state index in [2.05, 4.69) is 6.92 Å². The third-order valence-electron chi connectivity index (χ3n) is 1.53. The first kappa shape index (κ1) is 8.85. The summed E-state index contributed by atoms with van der Waals surface area (Å²) in [7, 11) is 1.66. The first-order valence-electron chi connectivity index (χ1n) is 3.86. The normalized spacial score (nSPS) is 11.4. The van der Waals surface area contributed by atoms with Crippen LogP contribution in [0, 0.1) is 6.92 Å². The molecule has 1 aromatic carbocycles. The first-order chi connectivity index (χ1) is 5.72. The van der Waals surface area contributed by atoms with Crippen molar-refractivity contribution in [3.05, 3.63) is 42.3 Å². The van der Waals surface area contributed by atoms with Crippen LogP contribution in [0.25, 0.3) is 6.08 Å². The predicted molar refractivity (Wildman–Crippen MR) is 52.0 cm³/mol. The van der Waals surface area contributed by atoms with E-state index >= 15 is 0 Å². The Morgan fingerprint density at radius 2 is 1.92 bits per heavy atom. The average molecular weight is 161 g/mol. The summed E-state index contributed by atoms with van der Waals surface area (Å²) >= 11 is 0. The lowest BCUT2D eigenvalue weighted by Gasteiger charge is -1.99. The summed E-state index contributed by atoms with van der Waals surface area (Å²) < 4.78 is 5.04. The average Bonchev–Trinajstić information content (AvgIpc) is 2.05. The van der Waals surface area contributed by atoms with Crippen LogP contribution in [0.1, 0.15) is 12.5 Å². The lowest BCUT2D eigenvalue weighted by Crippen LogP contribution is -1.81. The van der Waals surface area contributed by atoms with E-state index in [9.17, 15) is 0 Å². The van der Waals surface area contributed by atoms with Crippen LogP contribution >= 0.6 is 0 Å². The Labute approximate surface area is 73.7 Å². The van der Waals surface area contributed by atoms with E-state index < -0.39 is 0 Å². The van der Waals surface area contributed by atoms with Gasteiger partial charge in [-0.1, -0.05) is 23.8 Å². The van der Waals surface area contributed by atoms with Crippen LogP contribution in [0.3, 0.4) is 0 Å². The molecule has 63 valence electrons. The number of allylic oxidation sites excluding steroid dienone is 1. The second kappa shape index (κ2) is 3.96. The van der Waals surface area contributed by atoms with E-state index in [0.717, 1.165) is 16.9 Å². The second-order valence-electron chi connectivity index (χ2n) is 2.76. The molecule has 0 amide bonds. The molecule has 0 N–H and O–H groups in total. The van der Waals surface area contributed by atoms with Crippen molar-refractivity contribution in [1.82, 2.24) is 0 Å². The van der Waals surface area contributed by atoms with E-state index in [-0.39, 0.29) is 0 Å². The topological polar surface area (TPSA) is 9.23 Å². The number of rotatable bonds is 2. The fraction of sp³-hybridized carbons (Fsp3) is 0.182. The Hall–Kier alpha value is -1.24. The molecule has 0 saturated carbocycles. The molecular formula is C11H13O. The minimum absolute atomic E-state index is 0.883. The molecule has 0 bridgehead atoms. The van der Waals surface area contributed by atoms with Crippen molar-refractivity contribution < 1.29 is 4.74 Å². The highest BCUT2D eigenvalue weighted by molar-refractivity contribution is 5.54. The quantitative estimate of drug-likeness (QED) is 0.648. The molecule has 0 atom stereocenters. The molecule has 1 rings (SSSR count). The smallest absolute Gasteiger partial charge is 0.118 e. The van der Waals surface area contributed by atoms with Gasteiger partial charge < -0.3 is 4.74 Å². The van der Waals surface area contributed by atoms with Crippen molar-refractivity contribution in [3.63, 3.8) is 0 Å².